The van der Waals surface area contributed by atoms with Crippen molar-refractivity contribution in [3.63, 3.8) is 0 Å². The number of anilines is 6. The fraction of sp³-hybridized carbons (Fsp3) is 0.0385. The Morgan fingerprint density at radius 1 is 0.485 bits per heavy atom. The van der Waals surface area contributed by atoms with Gasteiger partial charge in [-0.2, -0.15) is 82.8 Å². The molecule has 0 bridgehead atoms. The van der Waals surface area contributed by atoms with Crippen LogP contribution >= 0.6 is 0 Å². The monoisotopic (exact) mass is 1270 g/mol. The molecular formula is C52H40F4N10Pt2-6. The van der Waals surface area contributed by atoms with Crippen LogP contribution < -0.4 is 19.6 Å². The van der Waals surface area contributed by atoms with Gasteiger partial charge in [0.1, 0.15) is 11.6 Å². The first-order chi connectivity index (χ1) is 32.2. The van der Waals surface area contributed by atoms with E-state index >= 15 is 0 Å². The minimum absolute atomic E-state index is 0. The van der Waals surface area contributed by atoms with Crippen molar-refractivity contribution in [2.45, 2.75) is 0 Å². The molecule has 4 heterocycles. The van der Waals surface area contributed by atoms with Gasteiger partial charge in [0.05, 0.1) is 11.4 Å². The maximum absolute atomic E-state index is 13.7. The summed E-state index contributed by atoms with van der Waals surface area (Å²) < 4.78 is 53.9. The van der Waals surface area contributed by atoms with Gasteiger partial charge in [0, 0.05) is 54.3 Å². The number of halogens is 4. The smallest absolute Gasteiger partial charge is 0.217 e. The van der Waals surface area contributed by atoms with Crippen LogP contribution in [-0.4, -0.2) is 36.7 Å². The summed E-state index contributed by atoms with van der Waals surface area (Å²) in [4.78, 5) is 22.3. The summed E-state index contributed by atoms with van der Waals surface area (Å²) in [5, 5.41) is 8.42. The van der Waals surface area contributed by atoms with E-state index in [9.17, 15) is 17.6 Å². The Labute approximate surface area is 422 Å². The molecule has 352 valence electrons. The van der Waals surface area contributed by atoms with E-state index in [4.69, 9.17) is 0 Å². The Balaban J connectivity index is 0.000000168. The second-order valence-electron chi connectivity index (χ2n) is 14.0. The SMILES string of the molecule is C(=Nc1ccccc1)[N-]c1ccccc1.C(=Nc1ccccc1)[N-]c1ccccc1.CN1[CH-]N(c2[c-]cccc2)c2nc(F)cc(F)c21.CN1[CH-]N(c2[c-]cccc2)c2nc(F)cc(F)c21.[Pt].[Pt]. The van der Waals surface area contributed by atoms with Crippen molar-refractivity contribution in [3.8, 4) is 0 Å². The molecule has 10 nitrogen and oxygen atoms in total. The number of para-hydroxylation sites is 6. The van der Waals surface area contributed by atoms with E-state index in [0.29, 0.717) is 11.4 Å². The van der Waals surface area contributed by atoms with Gasteiger partial charge >= 0.3 is 0 Å². The molecule has 2 aliphatic heterocycles. The van der Waals surface area contributed by atoms with E-state index in [0.717, 1.165) is 34.9 Å². The molecule has 2 aliphatic rings. The molecule has 0 unspecified atom stereocenters. The van der Waals surface area contributed by atoms with E-state index in [1.54, 1.807) is 84.0 Å². The number of aliphatic imine (C=N–C) groups is 2. The number of aromatic nitrogens is 2. The summed E-state index contributed by atoms with van der Waals surface area (Å²) in [7, 11) is 3.37. The number of hydrogen-bond acceptors (Lipinski definition) is 8. The van der Waals surface area contributed by atoms with Gasteiger partial charge in [-0.05, 0) is 36.8 Å². The van der Waals surface area contributed by atoms with Gasteiger partial charge in [0.2, 0.25) is 11.9 Å². The molecule has 10 rings (SSSR count). The van der Waals surface area contributed by atoms with Crippen LogP contribution in [-0.2, 0) is 42.1 Å². The van der Waals surface area contributed by atoms with E-state index in [1.165, 1.54) is 0 Å². The van der Waals surface area contributed by atoms with Crippen LogP contribution in [0.2, 0.25) is 0 Å². The van der Waals surface area contributed by atoms with Gasteiger partial charge in [0.15, 0.2) is 11.6 Å². The molecule has 0 aliphatic carbocycles. The summed E-state index contributed by atoms with van der Waals surface area (Å²) in [5.41, 5.74) is 5.53. The first-order valence-corrected chi connectivity index (χ1v) is 20.3. The van der Waals surface area contributed by atoms with Gasteiger partial charge in [0.25, 0.3) is 0 Å². The molecule has 0 fully saturated rings. The third-order valence-corrected chi connectivity index (χ3v) is 9.29. The summed E-state index contributed by atoms with van der Waals surface area (Å²) in [6.45, 7) is 3.29. The van der Waals surface area contributed by atoms with Gasteiger partial charge in [-0.3, -0.25) is 0 Å². The average Bonchev–Trinajstić information content (AvgIpc) is 3.87. The molecule has 16 heteroatoms. The number of benzene rings is 6. The Morgan fingerprint density at radius 2 is 0.824 bits per heavy atom. The number of rotatable bonds is 8. The summed E-state index contributed by atoms with van der Waals surface area (Å²) in [5.74, 6) is -2.47. The van der Waals surface area contributed by atoms with E-state index in [2.05, 4.69) is 42.7 Å². The van der Waals surface area contributed by atoms with Crippen LogP contribution in [0.1, 0.15) is 0 Å². The molecule has 0 saturated heterocycles. The molecule has 0 atom stereocenters. The average molecular weight is 1270 g/mol. The van der Waals surface area contributed by atoms with Crippen molar-refractivity contribution in [1.29, 1.82) is 0 Å². The minimum atomic E-state index is -0.837. The van der Waals surface area contributed by atoms with Crippen molar-refractivity contribution in [2.24, 2.45) is 9.98 Å². The molecule has 6 aromatic carbocycles. The number of nitrogens with zero attached hydrogens (tertiary/aromatic N) is 10. The van der Waals surface area contributed by atoms with Crippen LogP contribution in [0.4, 0.5) is 74.7 Å². The second kappa shape index (κ2) is 26.3. The van der Waals surface area contributed by atoms with Crippen molar-refractivity contribution in [1.82, 2.24) is 9.97 Å². The maximum atomic E-state index is 13.7. The molecule has 0 amide bonds. The third kappa shape index (κ3) is 14.4. The zero-order valence-corrected chi connectivity index (χ0v) is 40.8. The molecular weight excluding hydrogens is 1230 g/mol. The fourth-order valence-corrected chi connectivity index (χ4v) is 6.29. The zero-order valence-electron chi connectivity index (χ0n) is 36.2. The topological polar surface area (TPSA) is 91.7 Å². The standard InChI is InChI=1S/2C13H9F2N3.2C13H11N2.2Pt/c2*1-17-8-18(9-5-3-2-4-6-9)13-12(17)10(14)7-11(15)16-13;2*1-3-7-12(8-4-1)14-11-15-13-9-5-2-6-10-13;;/h2*2-5,7-8H,1H3;2*1-11H;;/q2*-2;2*-1;;. The third-order valence-electron chi connectivity index (χ3n) is 9.29. The van der Waals surface area contributed by atoms with Crippen LogP contribution in [0.25, 0.3) is 10.6 Å². The van der Waals surface area contributed by atoms with Crippen molar-refractivity contribution < 1.29 is 59.7 Å². The Bertz CT molecular complexity index is 2610. The predicted octanol–water partition coefficient (Wildman–Crippen LogP) is 13.8. The van der Waals surface area contributed by atoms with Crippen LogP contribution in [0.3, 0.4) is 0 Å². The molecule has 8 aromatic rings. The Morgan fingerprint density at radius 3 is 1.16 bits per heavy atom. The van der Waals surface area contributed by atoms with Crippen LogP contribution in [0, 0.1) is 49.0 Å². The minimum Gasteiger partial charge on any atom is -0.500 e. The maximum Gasteiger partial charge on any atom is 0.217 e. The van der Waals surface area contributed by atoms with Crippen molar-refractivity contribution in [3.05, 3.63) is 242 Å². The van der Waals surface area contributed by atoms with Crippen LogP contribution in [0.5, 0.6) is 0 Å². The molecule has 68 heavy (non-hydrogen) atoms. The van der Waals surface area contributed by atoms with E-state index in [1.807, 2.05) is 146 Å². The summed E-state index contributed by atoms with van der Waals surface area (Å²) in [6.07, 6.45) is 3.15. The van der Waals surface area contributed by atoms with Gasteiger partial charge in [-0.1, -0.05) is 134 Å². The molecule has 0 saturated carbocycles. The fourth-order valence-electron chi connectivity index (χ4n) is 6.29. The molecule has 0 radical (unpaired) electrons. The largest absolute Gasteiger partial charge is 0.500 e. The van der Waals surface area contributed by atoms with Crippen LogP contribution in [0.15, 0.2) is 192 Å². The zero-order chi connectivity index (χ0) is 46.1. The molecule has 2 aromatic heterocycles. The quantitative estimate of drug-likeness (QED) is 0.0495. The first-order valence-electron chi connectivity index (χ1n) is 20.3. The molecule has 0 N–H and O–H groups in total. The van der Waals surface area contributed by atoms with Crippen molar-refractivity contribution >= 4 is 69.8 Å². The number of pyridine rings is 2. The Hall–Kier alpha value is -7.14. The summed E-state index contributed by atoms with van der Waals surface area (Å²) >= 11 is 0. The van der Waals surface area contributed by atoms with Gasteiger partial charge < -0.3 is 40.2 Å². The van der Waals surface area contributed by atoms with Crippen molar-refractivity contribution in [2.75, 3.05) is 33.7 Å². The predicted molar refractivity (Wildman–Crippen MR) is 257 cm³/mol. The second-order valence-corrected chi connectivity index (χ2v) is 14.0. The normalized spacial score (nSPS) is 12.0. The number of fused-ring (bicyclic) bond motifs is 2. The summed E-state index contributed by atoms with van der Waals surface area (Å²) in [6, 6.07) is 60.9. The van der Waals surface area contributed by atoms with E-state index < -0.39 is 23.5 Å². The van der Waals surface area contributed by atoms with Gasteiger partial charge in [-0.25, -0.2) is 18.7 Å². The first kappa shape index (κ1) is 51.8. The van der Waals surface area contributed by atoms with E-state index in [-0.39, 0.29) is 65.1 Å². The molecule has 0 spiro atoms. The number of hydrogen-bond donors (Lipinski definition) is 0. The van der Waals surface area contributed by atoms with Gasteiger partial charge in [-0.15, -0.1) is 11.4 Å². The Kier molecular flexibility index (Phi) is 20.0.